The molecule has 2 aromatic heterocycles. The quantitative estimate of drug-likeness (QED) is 0.605. The summed E-state index contributed by atoms with van der Waals surface area (Å²) >= 11 is 0. The lowest BCUT2D eigenvalue weighted by Crippen LogP contribution is -2.43. The second-order valence-electron chi connectivity index (χ2n) is 7.93. The number of benzene rings is 1. The Bertz CT molecular complexity index is 1070. The number of hydrogen-bond acceptors (Lipinski definition) is 6. The lowest BCUT2D eigenvalue weighted by molar-refractivity contribution is -0.135. The third-order valence-corrected chi connectivity index (χ3v) is 5.67. The van der Waals surface area contributed by atoms with Crippen LogP contribution >= 0.6 is 0 Å². The van der Waals surface area contributed by atoms with Gasteiger partial charge in [-0.2, -0.15) is 4.98 Å². The van der Waals surface area contributed by atoms with Crippen molar-refractivity contribution in [3.05, 3.63) is 59.6 Å². The molecule has 9 heteroatoms. The Hall–Kier alpha value is -3.49. The van der Waals surface area contributed by atoms with Crippen molar-refractivity contribution in [1.82, 2.24) is 20.4 Å². The summed E-state index contributed by atoms with van der Waals surface area (Å²) in [6, 6.07) is 8.21. The Labute approximate surface area is 184 Å². The topological polar surface area (TPSA) is 101 Å². The fraction of sp³-hybridized carbons (Fsp3) is 0.391. The average Bonchev–Trinajstić information content (AvgIpc) is 3.50. The van der Waals surface area contributed by atoms with E-state index in [1.807, 2.05) is 6.07 Å². The second-order valence-corrected chi connectivity index (χ2v) is 7.93. The van der Waals surface area contributed by atoms with Gasteiger partial charge in [0.1, 0.15) is 11.6 Å². The minimum atomic E-state index is -0.290. The highest BCUT2D eigenvalue weighted by molar-refractivity contribution is 5.80. The van der Waals surface area contributed by atoms with Crippen molar-refractivity contribution in [2.75, 3.05) is 13.1 Å². The summed E-state index contributed by atoms with van der Waals surface area (Å²) < 4.78 is 23.9. The molecule has 1 N–H and O–H groups in total. The molecule has 1 saturated heterocycles. The van der Waals surface area contributed by atoms with Gasteiger partial charge in [0.2, 0.25) is 23.5 Å². The van der Waals surface area contributed by atoms with Gasteiger partial charge < -0.3 is 19.2 Å². The summed E-state index contributed by atoms with van der Waals surface area (Å²) in [6.45, 7) is 3.13. The highest BCUT2D eigenvalue weighted by atomic mass is 19.1. The van der Waals surface area contributed by atoms with Crippen LogP contribution in [0, 0.1) is 18.7 Å². The predicted octanol–water partition coefficient (Wildman–Crippen LogP) is 3.26. The first kappa shape index (κ1) is 21.7. The van der Waals surface area contributed by atoms with Crippen LogP contribution in [-0.4, -0.2) is 39.9 Å². The smallest absolute Gasteiger partial charge is 0.227 e. The van der Waals surface area contributed by atoms with Gasteiger partial charge in [0.05, 0.1) is 12.8 Å². The standard InChI is InChI=1S/C23H25FN4O4/c1-15-13-17(4-5-19(15)24)22-26-20(32-27-22)6-7-21(29)28-10-8-16(9-11-28)23(30)25-14-18-3-2-12-31-18/h2-5,12-13,16H,6-11,14H2,1H3,(H,25,30). The van der Waals surface area contributed by atoms with Crippen LogP contribution in [0.25, 0.3) is 11.4 Å². The number of halogens is 1. The molecule has 8 nitrogen and oxygen atoms in total. The van der Waals surface area contributed by atoms with Crippen molar-refractivity contribution in [1.29, 1.82) is 0 Å². The molecule has 0 radical (unpaired) electrons. The average molecular weight is 440 g/mol. The lowest BCUT2D eigenvalue weighted by Gasteiger charge is -2.31. The Morgan fingerprint density at radius 3 is 2.78 bits per heavy atom. The maximum atomic E-state index is 13.4. The van der Waals surface area contributed by atoms with Crippen LogP contribution in [0.2, 0.25) is 0 Å². The van der Waals surface area contributed by atoms with Crippen LogP contribution in [-0.2, 0) is 22.6 Å². The van der Waals surface area contributed by atoms with Gasteiger partial charge in [-0.25, -0.2) is 4.39 Å². The molecule has 1 aliphatic rings. The minimum Gasteiger partial charge on any atom is -0.467 e. The van der Waals surface area contributed by atoms with Gasteiger partial charge in [-0.15, -0.1) is 0 Å². The van der Waals surface area contributed by atoms with E-state index in [9.17, 15) is 14.0 Å². The number of aryl methyl sites for hydroxylation is 2. The molecular formula is C23H25FN4O4. The normalized spacial score (nSPS) is 14.5. The zero-order valence-corrected chi connectivity index (χ0v) is 17.8. The molecule has 3 heterocycles. The van der Waals surface area contributed by atoms with E-state index in [1.165, 1.54) is 6.07 Å². The number of hydrogen-bond donors (Lipinski definition) is 1. The van der Waals surface area contributed by atoms with E-state index in [0.29, 0.717) is 67.5 Å². The van der Waals surface area contributed by atoms with Crippen molar-refractivity contribution >= 4 is 11.8 Å². The SMILES string of the molecule is Cc1cc(-c2noc(CCC(=O)N3CCC(C(=O)NCc4ccco4)CC3)n2)ccc1F. The van der Waals surface area contributed by atoms with Crippen molar-refractivity contribution in [2.45, 2.75) is 39.2 Å². The summed E-state index contributed by atoms with van der Waals surface area (Å²) in [5.41, 5.74) is 1.17. The van der Waals surface area contributed by atoms with Crippen LogP contribution in [0.4, 0.5) is 4.39 Å². The maximum absolute atomic E-state index is 13.4. The highest BCUT2D eigenvalue weighted by Crippen LogP contribution is 2.21. The maximum Gasteiger partial charge on any atom is 0.227 e. The zero-order chi connectivity index (χ0) is 22.5. The van der Waals surface area contributed by atoms with Gasteiger partial charge in [0.15, 0.2) is 0 Å². The van der Waals surface area contributed by atoms with E-state index in [-0.39, 0.29) is 30.0 Å². The van der Waals surface area contributed by atoms with E-state index in [4.69, 9.17) is 8.94 Å². The number of nitrogens with one attached hydrogen (secondary N) is 1. The Morgan fingerprint density at radius 1 is 1.25 bits per heavy atom. The first-order valence-electron chi connectivity index (χ1n) is 10.7. The van der Waals surface area contributed by atoms with E-state index in [0.717, 1.165) is 0 Å². The number of nitrogens with zero attached hydrogens (tertiary/aromatic N) is 3. The van der Waals surface area contributed by atoms with Crippen molar-refractivity contribution in [2.24, 2.45) is 5.92 Å². The first-order chi connectivity index (χ1) is 15.5. The summed E-state index contributed by atoms with van der Waals surface area (Å²) in [5.74, 6) is 1.04. The predicted molar refractivity (Wildman–Crippen MR) is 113 cm³/mol. The number of furan rings is 1. The minimum absolute atomic E-state index is 0.00294. The summed E-state index contributed by atoms with van der Waals surface area (Å²) in [4.78, 5) is 31.0. The molecular weight excluding hydrogens is 415 g/mol. The summed E-state index contributed by atoms with van der Waals surface area (Å²) in [7, 11) is 0. The number of carbonyl (C=O) groups is 2. The molecule has 0 aliphatic carbocycles. The fourth-order valence-corrected chi connectivity index (χ4v) is 3.75. The molecule has 2 amide bonds. The Balaban J connectivity index is 1.22. The van der Waals surface area contributed by atoms with Crippen LogP contribution in [0.3, 0.4) is 0 Å². The van der Waals surface area contributed by atoms with Crippen molar-refractivity contribution < 1.29 is 22.9 Å². The molecule has 0 spiro atoms. The number of likely N-dealkylation sites (tertiary alicyclic amines) is 1. The molecule has 0 bridgehead atoms. The van der Waals surface area contributed by atoms with E-state index in [1.54, 1.807) is 36.3 Å². The third-order valence-electron chi connectivity index (χ3n) is 5.67. The van der Waals surface area contributed by atoms with Gasteiger partial charge in [-0.1, -0.05) is 5.16 Å². The fourth-order valence-electron chi connectivity index (χ4n) is 3.75. The van der Waals surface area contributed by atoms with Crippen molar-refractivity contribution in [3.8, 4) is 11.4 Å². The molecule has 32 heavy (non-hydrogen) atoms. The molecule has 1 aromatic carbocycles. The van der Waals surface area contributed by atoms with Crippen LogP contribution in [0.5, 0.6) is 0 Å². The third kappa shape index (κ3) is 5.22. The van der Waals surface area contributed by atoms with Gasteiger partial charge in [0.25, 0.3) is 0 Å². The van der Waals surface area contributed by atoms with E-state index in [2.05, 4.69) is 15.5 Å². The molecule has 0 atom stereocenters. The molecule has 0 saturated carbocycles. The zero-order valence-electron chi connectivity index (χ0n) is 17.8. The van der Waals surface area contributed by atoms with Gasteiger partial charge in [-0.3, -0.25) is 9.59 Å². The van der Waals surface area contributed by atoms with Crippen LogP contribution in [0.1, 0.15) is 36.5 Å². The summed E-state index contributed by atoms with van der Waals surface area (Å²) in [6.07, 6.45) is 3.41. The van der Waals surface area contributed by atoms with Gasteiger partial charge in [0, 0.05) is 37.4 Å². The molecule has 4 rings (SSSR count). The molecule has 1 aliphatic heterocycles. The molecule has 0 unspecified atom stereocenters. The molecule has 3 aromatic rings. The number of carbonyl (C=O) groups excluding carboxylic acids is 2. The monoisotopic (exact) mass is 440 g/mol. The highest BCUT2D eigenvalue weighted by Gasteiger charge is 2.27. The molecule has 168 valence electrons. The lowest BCUT2D eigenvalue weighted by atomic mass is 9.95. The van der Waals surface area contributed by atoms with Crippen LogP contribution < -0.4 is 5.32 Å². The number of amides is 2. The van der Waals surface area contributed by atoms with Crippen molar-refractivity contribution in [3.63, 3.8) is 0 Å². The van der Waals surface area contributed by atoms with E-state index < -0.39 is 0 Å². The Morgan fingerprint density at radius 2 is 2.06 bits per heavy atom. The van der Waals surface area contributed by atoms with Crippen LogP contribution in [0.15, 0.2) is 45.5 Å². The number of aromatic nitrogens is 2. The molecule has 1 fully saturated rings. The number of piperidine rings is 1. The van der Waals surface area contributed by atoms with Gasteiger partial charge >= 0.3 is 0 Å². The second kappa shape index (κ2) is 9.76. The number of rotatable bonds is 7. The Kier molecular flexibility index (Phi) is 6.63. The first-order valence-corrected chi connectivity index (χ1v) is 10.7. The van der Waals surface area contributed by atoms with E-state index >= 15 is 0 Å². The largest absolute Gasteiger partial charge is 0.467 e. The summed E-state index contributed by atoms with van der Waals surface area (Å²) in [5, 5.41) is 6.81. The van der Waals surface area contributed by atoms with Gasteiger partial charge in [-0.05, 0) is 55.7 Å².